The fraction of sp³-hybridized carbons (Fsp3) is 0.514. The van der Waals surface area contributed by atoms with Crippen LogP contribution in [0.5, 0.6) is 5.75 Å². The van der Waals surface area contributed by atoms with Crippen LogP contribution in [0.15, 0.2) is 52.5 Å². The summed E-state index contributed by atoms with van der Waals surface area (Å²) in [5, 5.41) is -0.0403. The van der Waals surface area contributed by atoms with E-state index in [-0.39, 0.29) is 23.0 Å². The Hall–Kier alpha value is -3.04. The number of hydrogen-bond donors (Lipinski definition) is 1. The number of thioether (sulfide) groups is 1. The minimum Gasteiger partial charge on any atom is -0.487 e. The molecule has 46 heavy (non-hydrogen) atoms. The van der Waals surface area contributed by atoms with Gasteiger partial charge in [-0.25, -0.2) is 9.78 Å². The summed E-state index contributed by atoms with van der Waals surface area (Å²) in [7, 11) is 0. The van der Waals surface area contributed by atoms with E-state index in [1.807, 2.05) is 6.92 Å². The lowest BCUT2D eigenvalue weighted by Crippen LogP contribution is -2.50. The normalized spacial score (nSPS) is 27.8. The van der Waals surface area contributed by atoms with E-state index in [1.54, 1.807) is 41.1 Å². The Morgan fingerprint density at radius 3 is 2.78 bits per heavy atom. The predicted molar refractivity (Wildman–Crippen MR) is 187 cm³/mol. The van der Waals surface area contributed by atoms with Crippen molar-refractivity contribution in [3.8, 4) is 23.3 Å². The van der Waals surface area contributed by atoms with E-state index >= 15 is 0 Å². The van der Waals surface area contributed by atoms with Crippen LogP contribution in [0.1, 0.15) is 67.7 Å². The molecule has 0 bridgehead atoms. The highest BCUT2D eigenvalue weighted by Crippen LogP contribution is 2.39. The lowest BCUT2D eigenvalue weighted by atomic mass is 10.1. The zero-order valence-electron chi connectivity index (χ0n) is 34.5. The van der Waals surface area contributed by atoms with Crippen LogP contribution in [-0.4, -0.2) is 87.6 Å². The van der Waals surface area contributed by atoms with Gasteiger partial charge in [0, 0.05) is 73.3 Å². The van der Waals surface area contributed by atoms with Gasteiger partial charge in [0.1, 0.15) is 17.0 Å². The SMILES string of the molecule is [2H]C1([2H])C([2H])([2H])C([2H])(Sc2nc(Br)c(COc3ccc(C#CCOC(=O)NCCN4CCN(C(C)C)CC4)c(C)c3)n2-c2cccnc2)C([2H])([2H])C1([2H])C. The second-order valence-corrected chi connectivity index (χ2v) is 12.9. The molecule has 11 heteroatoms. The Bertz CT molecular complexity index is 1860. The highest BCUT2D eigenvalue weighted by atomic mass is 79.9. The van der Waals surface area contributed by atoms with Gasteiger partial charge in [0.2, 0.25) is 0 Å². The number of carbonyl (C=O) groups is 1. The lowest BCUT2D eigenvalue weighted by Gasteiger charge is -2.36. The number of aryl methyl sites for hydroxylation is 1. The molecule has 1 N–H and O–H groups in total. The molecule has 2 fully saturated rings. The van der Waals surface area contributed by atoms with Crippen molar-refractivity contribution in [2.45, 2.75) is 69.8 Å². The van der Waals surface area contributed by atoms with Crippen molar-refractivity contribution in [3.63, 3.8) is 0 Å². The molecule has 5 rings (SSSR count). The maximum Gasteiger partial charge on any atom is 0.408 e. The fourth-order valence-electron chi connectivity index (χ4n) is 5.00. The van der Waals surface area contributed by atoms with Crippen LogP contribution < -0.4 is 10.1 Å². The summed E-state index contributed by atoms with van der Waals surface area (Å²) >= 11 is 3.87. The zero-order chi connectivity index (χ0) is 39.7. The van der Waals surface area contributed by atoms with E-state index in [9.17, 15) is 4.79 Å². The minimum atomic E-state index is -3.09. The molecule has 1 amide bonds. The molecule has 0 spiro atoms. The number of aromatic nitrogens is 3. The van der Waals surface area contributed by atoms with E-state index in [0.717, 1.165) is 45.2 Å². The highest BCUT2D eigenvalue weighted by molar-refractivity contribution is 9.10. The van der Waals surface area contributed by atoms with Crippen molar-refractivity contribution in [3.05, 3.63) is 64.1 Å². The lowest BCUT2D eigenvalue weighted by molar-refractivity contribution is 0.108. The van der Waals surface area contributed by atoms with Gasteiger partial charge in [-0.1, -0.05) is 30.5 Å². The van der Waals surface area contributed by atoms with Crippen LogP contribution in [0.2, 0.25) is 0 Å². The molecule has 246 valence electrons. The Morgan fingerprint density at radius 2 is 2.09 bits per heavy atom. The third-order valence-electron chi connectivity index (χ3n) is 7.56. The number of pyridine rings is 1. The van der Waals surface area contributed by atoms with Gasteiger partial charge in [-0.05, 0) is 97.6 Å². The number of halogens is 1. The van der Waals surface area contributed by atoms with Crippen molar-refractivity contribution >= 4 is 33.8 Å². The number of benzene rings is 1. The van der Waals surface area contributed by atoms with E-state index < -0.39 is 36.3 Å². The van der Waals surface area contributed by atoms with Gasteiger partial charge in [-0.3, -0.25) is 19.4 Å². The van der Waals surface area contributed by atoms with E-state index in [4.69, 9.17) is 20.4 Å². The molecule has 1 saturated heterocycles. The quantitative estimate of drug-likeness (QED) is 0.232. The third-order valence-corrected chi connectivity index (χ3v) is 9.06. The molecule has 1 aliphatic carbocycles. The first-order valence-corrected chi connectivity index (χ1v) is 16.8. The standard InChI is InChI=1S/C35H45BrN6O3S/c1-25(2)41-18-16-40(17-19-41)15-14-38-35(43)44-20-6-7-28-10-11-30(22-27(28)4)45-24-32-33(36)39-34(46-31-12-9-26(3)21-31)42(32)29-8-5-13-37-23-29/h5,8,10-11,13,22-23,25-26,31H,9,12,14-21,24H2,1-4H3,(H,38,43)/i9D2,12D2,21D2,26D,31D. The Kier molecular flexibility index (Phi) is 9.08. The largest absolute Gasteiger partial charge is 0.487 e. The average Bonchev–Trinajstić information content (AvgIpc) is 3.45. The van der Waals surface area contributed by atoms with Gasteiger partial charge >= 0.3 is 6.09 Å². The molecule has 1 aliphatic heterocycles. The molecule has 3 aromatic rings. The zero-order valence-corrected chi connectivity index (χ0v) is 28.9. The molecule has 1 aromatic carbocycles. The Morgan fingerprint density at radius 1 is 1.26 bits per heavy atom. The van der Waals surface area contributed by atoms with E-state index in [2.05, 4.69) is 66.7 Å². The summed E-state index contributed by atoms with van der Waals surface area (Å²) in [6.07, 6.45) is -6.49. The number of nitrogens with zero attached hydrogens (tertiary/aromatic N) is 5. The minimum absolute atomic E-state index is 0.0115. The first kappa shape index (κ1) is 25.0. The molecule has 3 heterocycles. The maximum atomic E-state index is 12.2. The summed E-state index contributed by atoms with van der Waals surface area (Å²) in [5.74, 6) is 3.81. The second-order valence-electron chi connectivity index (χ2n) is 11.2. The number of alkyl carbamates (subject to hydrolysis) is 1. The van der Waals surface area contributed by atoms with Crippen molar-refractivity contribution in [1.82, 2.24) is 29.7 Å². The fourth-order valence-corrected chi connectivity index (χ4v) is 6.51. The second kappa shape index (κ2) is 16.7. The molecule has 2 atom stereocenters. The van der Waals surface area contributed by atoms with Crippen LogP contribution in [0.4, 0.5) is 4.79 Å². The molecular weight excluding hydrogens is 664 g/mol. The molecule has 2 unspecified atom stereocenters. The number of piperazine rings is 1. The summed E-state index contributed by atoms with van der Waals surface area (Å²) in [5.41, 5.74) is 2.44. The third kappa shape index (κ3) is 9.50. The van der Waals surface area contributed by atoms with Crippen LogP contribution in [0.25, 0.3) is 5.69 Å². The monoisotopic (exact) mass is 716 g/mol. The number of carbonyl (C=O) groups excluding carboxylic acids is 1. The van der Waals surface area contributed by atoms with Gasteiger partial charge < -0.3 is 14.8 Å². The first-order valence-electron chi connectivity index (χ1n) is 19.2. The molecule has 9 nitrogen and oxygen atoms in total. The topological polar surface area (TPSA) is 84.8 Å². The van der Waals surface area contributed by atoms with Crippen molar-refractivity contribution < 1.29 is 25.2 Å². The number of ether oxygens (including phenoxy) is 2. The number of imidazole rings is 1. The average molecular weight is 718 g/mol. The van der Waals surface area contributed by atoms with Gasteiger partial charge in [0.05, 0.1) is 17.6 Å². The smallest absolute Gasteiger partial charge is 0.408 e. The summed E-state index contributed by atoms with van der Waals surface area (Å²) in [4.78, 5) is 25.6. The van der Waals surface area contributed by atoms with Gasteiger partial charge in [0.15, 0.2) is 11.8 Å². The van der Waals surface area contributed by atoms with E-state index in [0.29, 0.717) is 47.0 Å². The van der Waals surface area contributed by atoms with Crippen LogP contribution in [0, 0.1) is 24.7 Å². The first-order chi connectivity index (χ1) is 25.2. The molecular formula is C35H45BrN6O3S. The summed E-state index contributed by atoms with van der Waals surface area (Å²) in [6.45, 7) is 12.4. The van der Waals surface area contributed by atoms with Crippen molar-refractivity contribution in [1.29, 1.82) is 0 Å². The Labute approximate surface area is 297 Å². The number of amides is 1. The van der Waals surface area contributed by atoms with Gasteiger partial charge in [-0.2, -0.15) is 0 Å². The summed E-state index contributed by atoms with van der Waals surface area (Å²) in [6, 6.07) is 9.23. The van der Waals surface area contributed by atoms with E-state index in [1.165, 1.54) is 6.20 Å². The molecule has 2 aromatic heterocycles. The Balaban J connectivity index is 1.23. The number of rotatable bonds is 11. The predicted octanol–water partition coefficient (Wildman–Crippen LogP) is 6.30. The van der Waals surface area contributed by atoms with Crippen LogP contribution in [0.3, 0.4) is 0 Å². The maximum absolute atomic E-state index is 12.2. The van der Waals surface area contributed by atoms with Crippen LogP contribution >= 0.6 is 27.7 Å². The van der Waals surface area contributed by atoms with Crippen LogP contribution in [-0.2, 0) is 11.3 Å². The molecule has 1 saturated carbocycles. The van der Waals surface area contributed by atoms with Crippen molar-refractivity contribution in [2.24, 2.45) is 5.89 Å². The highest BCUT2D eigenvalue weighted by Gasteiger charge is 2.26. The van der Waals surface area contributed by atoms with Gasteiger partial charge in [0.25, 0.3) is 0 Å². The van der Waals surface area contributed by atoms with Gasteiger partial charge in [-0.15, -0.1) is 0 Å². The number of hydrogen-bond acceptors (Lipinski definition) is 8. The molecule has 0 radical (unpaired) electrons. The molecule has 2 aliphatic rings. The number of nitrogens with one attached hydrogen (secondary N) is 1. The summed E-state index contributed by atoms with van der Waals surface area (Å²) < 4.78 is 82.2. The van der Waals surface area contributed by atoms with Crippen molar-refractivity contribution in [2.75, 3.05) is 45.9 Å².